The first-order chi connectivity index (χ1) is 12.9. The number of fused-ring (bicyclic) bond motifs is 1. The van der Waals surface area contributed by atoms with Crippen LogP contribution in [0.3, 0.4) is 0 Å². The van der Waals surface area contributed by atoms with Crippen LogP contribution in [0.25, 0.3) is 11.3 Å². The summed E-state index contributed by atoms with van der Waals surface area (Å²) in [5.41, 5.74) is 1.93. The van der Waals surface area contributed by atoms with Crippen molar-refractivity contribution in [3.63, 3.8) is 0 Å². The molecule has 0 bridgehead atoms. The standard InChI is InChI=1S/C21H19N3O2S/c1-21(2,26)11-10-14-8-9-16(27-14)15-12-17(25)22-20-18(15)19(23-24-20)13-6-4-3-5-7-13/h3-9,15,26H,12H2,1-2H3,(H2,22,23,24,25)/t15-/m0/s1. The highest BCUT2D eigenvalue weighted by molar-refractivity contribution is 7.12. The number of carbonyl (C=O) groups is 1. The maximum Gasteiger partial charge on any atom is 0.226 e. The maximum absolute atomic E-state index is 12.2. The Bertz CT molecular complexity index is 1050. The average molecular weight is 377 g/mol. The molecule has 1 aliphatic rings. The van der Waals surface area contributed by atoms with Crippen molar-refractivity contribution in [2.45, 2.75) is 31.8 Å². The number of rotatable bonds is 2. The average Bonchev–Trinajstić information content (AvgIpc) is 3.26. The van der Waals surface area contributed by atoms with E-state index in [0.29, 0.717) is 12.2 Å². The van der Waals surface area contributed by atoms with Crippen LogP contribution in [0.2, 0.25) is 0 Å². The van der Waals surface area contributed by atoms with Gasteiger partial charge < -0.3 is 10.4 Å². The third-order valence-electron chi connectivity index (χ3n) is 4.32. The Morgan fingerprint density at radius 2 is 2.00 bits per heavy atom. The number of nitrogens with one attached hydrogen (secondary N) is 2. The summed E-state index contributed by atoms with van der Waals surface area (Å²) in [6.07, 6.45) is 0.366. The number of H-pyrrole nitrogens is 1. The van der Waals surface area contributed by atoms with Gasteiger partial charge in [-0.15, -0.1) is 11.3 Å². The van der Waals surface area contributed by atoms with Crippen molar-refractivity contribution >= 4 is 23.1 Å². The van der Waals surface area contributed by atoms with Crippen LogP contribution in [0.1, 0.15) is 41.5 Å². The number of thiophene rings is 1. The Labute approximate surface area is 161 Å². The third-order valence-corrected chi connectivity index (χ3v) is 5.44. The van der Waals surface area contributed by atoms with Crippen molar-refractivity contribution in [2.75, 3.05) is 5.32 Å². The van der Waals surface area contributed by atoms with E-state index in [9.17, 15) is 9.90 Å². The predicted molar refractivity (Wildman–Crippen MR) is 107 cm³/mol. The number of amides is 1. The molecule has 3 N–H and O–H groups in total. The second-order valence-electron chi connectivity index (χ2n) is 7.04. The number of anilines is 1. The first-order valence-corrected chi connectivity index (χ1v) is 9.51. The van der Waals surface area contributed by atoms with E-state index >= 15 is 0 Å². The lowest BCUT2D eigenvalue weighted by atomic mass is 9.89. The molecule has 3 heterocycles. The van der Waals surface area contributed by atoms with Crippen molar-refractivity contribution in [1.29, 1.82) is 0 Å². The second kappa shape index (κ2) is 6.69. The van der Waals surface area contributed by atoms with Gasteiger partial charge in [-0.05, 0) is 31.5 Å². The molecule has 27 heavy (non-hydrogen) atoms. The molecule has 6 heteroatoms. The van der Waals surface area contributed by atoms with Gasteiger partial charge in [-0.2, -0.15) is 5.10 Å². The van der Waals surface area contributed by atoms with E-state index in [-0.39, 0.29) is 11.8 Å². The molecule has 4 rings (SSSR count). The number of nitrogens with zero attached hydrogens (tertiary/aromatic N) is 1. The van der Waals surface area contributed by atoms with Gasteiger partial charge >= 0.3 is 0 Å². The summed E-state index contributed by atoms with van der Waals surface area (Å²) in [5.74, 6) is 6.31. The van der Waals surface area contributed by atoms with Crippen LogP contribution in [0.5, 0.6) is 0 Å². The van der Waals surface area contributed by atoms with Gasteiger partial charge in [0, 0.05) is 22.8 Å². The molecule has 5 nitrogen and oxygen atoms in total. The third kappa shape index (κ3) is 3.65. The van der Waals surface area contributed by atoms with Gasteiger partial charge in [0.15, 0.2) is 5.82 Å². The van der Waals surface area contributed by atoms with E-state index in [1.165, 1.54) is 0 Å². The molecule has 1 aliphatic heterocycles. The fourth-order valence-electron chi connectivity index (χ4n) is 3.15. The van der Waals surface area contributed by atoms with Gasteiger partial charge in [-0.3, -0.25) is 9.89 Å². The molecule has 0 spiro atoms. The molecule has 1 atom stereocenters. The first-order valence-electron chi connectivity index (χ1n) is 8.69. The largest absolute Gasteiger partial charge is 0.378 e. The van der Waals surface area contributed by atoms with Gasteiger partial charge in [0.25, 0.3) is 0 Å². The molecule has 0 fully saturated rings. The topological polar surface area (TPSA) is 78.0 Å². The minimum absolute atomic E-state index is 0.0452. The SMILES string of the molecule is CC(C)(O)C#Cc1ccc([C@@H]2CC(=O)Nc3n[nH]c(-c4ccccc4)c32)s1. The molecule has 3 aromatic rings. The summed E-state index contributed by atoms with van der Waals surface area (Å²) < 4.78 is 0. The molecule has 1 amide bonds. The van der Waals surface area contributed by atoms with Gasteiger partial charge in [-0.25, -0.2) is 0 Å². The van der Waals surface area contributed by atoms with Crippen LogP contribution in [-0.2, 0) is 4.79 Å². The van der Waals surface area contributed by atoms with Crippen LogP contribution in [0.15, 0.2) is 42.5 Å². The monoisotopic (exact) mass is 377 g/mol. The quantitative estimate of drug-likeness (QED) is 0.596. The Kier molecular flexibility index (Phi) is 4.34. The molecular formula is C21H19N3O2S. The molecule has 136 valence electrons. The lowest BCUT2D eigenvalue weighted by molar-refractivity contribution is -0.116. The maximum atomic E-state index is 12.2. The molecule has 2 aromatic heterocycles. The molecule has 0 saturated carbocycles. The Morgan fingerprint density at radius 1 is 1.22 bits per heavy atom. The van der Waals surface area contributed by atoms with Crippen LogP contribution in [0, 0.1) is 11.8 Å². The second-order valence-corrected chi connectivity index (χ2v) is 8.16. The van der Waals surface area contributed by atoms with Gasteiger partial charge in [0.05, 0.1) is 10.6 Å². The fraction of sp³-hybridized carbons (Fsp3) is 0.238. The summed E-state index contributed by atoms with van der Waals surface area (Å²) >= 11 is 1.55. The molecule has 0 aliphatic carbocycles. The van der Waals surface area contributed by atoms with Gasteiger partial charge in [-0.1, -0.05) is 42.2 Å². The molecule has 1 aromatic carbocycles. The number of hydrogen-bond acceptors (Lipinski definition) is 4. The van der Waals surface area contributed by atoms with Gasteiger partial charge in [0.1, 0.15) is 5.60 Å². The lowest BCUT2D eigenvalue weighted by Gasteiger charge is -2.22. The first kappa shape index (κ1) is 17.5. The minimum Gasteiger partial charge on any atom is -0.378 e. The zero-order valence-corrected chi connectivity index (χ0v) is 15.9. The smallest absolute Gasteiger partial charge is 0.226 e. The van der Waals surface area contributed by atoms with Crippen molar-refractivity contribution in [2.24, 2.45) is 0 Å². The van der Waals surface area contributed by atoms with E-state index in [1.54, 1.807) is 25.2 Å². The number of aromatic nitrogens is 2. The van der Waals surface area contributed by atoms with Crippen LogP contribution < -0.4 is 5.32 Å². The Morgan fingerprint density at radius 3 is 2.74 bits per heavy atom. The summed E-state index contributed by atoms with van der Waals surface area (Å²) in [6.45, 7) is 3.31. The van der Waals surface area contributed by atoms with Crippen molar-refractivity contribution in [3.05, 3.63) is 57.8 Å². The number of carbonyl (C=O) groups excluding carboxylic acids is 1. The molecular weight excluding hydrogens is 358 g/mol. The van der Waals surface area contributed by atoms with Crippen molar-refractivity contribution < 1.29 is 9.90 Å². The van der Waals surface area contributed by atoms with E-state index < -0.39 is 5.60 Å². The van der Waals surface area contributed by atoms with Gasteiger partial charge in [0.2, 0.25) is 5.91 Å². The highest BCUT2D eigenvalue weighted by Crippen LogP contribution is 2.43. The van der Waals surface area contributed by atoms with Crippen molar-refractivity contribution in [3.8, 4) is 23.1 Å². The predicted octanol–water partition coefficient (Wildman–Crippen LogP) is 3.73. The summed E-state index contributed by atoms with van der Waals surface area (Å²) in [5, 5.41) is 20.1. The molecule has 0 saturated heterocycles. The number of benzene rings is 1. The number of aromatic amines is 1. The zero-order chi connectivity index (χ0) is 19.0. The van der Waals surface area contributed by atoms with E-state index in [1.807, 2.05) is 42.5 Å². The van der Waals surface area contributed by atoms with E-state index in [4.69, 9.17) is 0 Å². The van der Waals surface area contributed by atoms with Crippen molar-refractivity contribution in [1.82, 2.24) is 10.2 Å². The highest BCUT2D eigenvalue weighted by Gasteiger charge is 2.32. The molecule has 0 unspecified atom stereocenters. The van der Waals surface area contributed by atoms with Crippen LogP contribution >= 0.6 is 11.3 Å². The Hall–Kier alpha value is -2.88. The normalized spacial score (nSPS) is 16.3. The van der Waals surface area contributed by atoms with E-state index in [2.05, 4.69) is 27.4 Å². The zero-order valence-electron chi connectivity index (χ0n) is 15.0. The summed E-state index contributed by atoms with van der Waals surface area (Å²) in [4.78, 5) is 14.1. The highest BCUT2D eigenvalue weighted by atomic mass is 32.1. The summed E-state index contributed by atoms with van der Waals surface area (Å²) in [7, 11) is 0. The Balaban J connectivity index is 1.75. The number of aliphatic hydroxyl groups is 1. The van der Waals surface area contributed by atoms with Crippen LogP contribution in [-0.4, -0.2) is 26.8 Å². The number of hydrogen-bond donors (Lipinski definition) is 3. The minimum atomic E-state index is -1.03. The lowest BCUT2D eigenvalue weighted by Crippen LogP contribution is -2.22. The fourth-order valence-corrected chi connectivity index (χ4v) is 4.12. The van der Waals surface area contributed by atoms with E-state index in [0.717, 1.165) is 26.6 Å². The summed E-state index contributed by atoms with van der Waals surface area (Å²) in [6, 6.07) is 13.9. The van der Waals surface area contributed by atoms with Crippen LogP contribution in [0.4, 0.5) is 5.82 Å². The molecule has 0 radical (unpaired) electrons.